The molecule has 21 heavy (non-hydrogen) atoms. The van der Waals surface area contributed by atoms with Crippen molar-refractivity contribution in [2.45, 2.75) is 39.7 Å². The lowest BCUT2D eigenvalue weighted by Gasteiger charge is -2.10. The summed E-state index contributed by atoms with van der Waals surface area (Å²) in [6.45, 7) is 5.99. The van der Waals surface area contributed by atoms with Crippen molar-refractivity contribution >= 4 is 38.9 Å². The first-order valence-corrected chi connectivity index (χ1v) is 8.97. The smallest absolute Gasteiger partial charge is 0.133 e. The van der Waals surface area contributed by atoms with Gasteiger partial charge in [-0.15, -0.1) is 11.3 Å². The minimum atomic E-state index is 0.772. The number of nitrogens with zero attached hydrogens (tertiary/aromatic N) is 2. The third-order valence-corrected chi connectivity index (χ3v) is 4.85. The molecule has 0 radical (unpaired) electrons. The van der Waals surface area contributed by atoms with Crippen molar-refractivity contribution in [1.82, 2.24) is 9.97 Å². The quantitative estimate of drug-likeness (QED) is 0.709. The van der Waals surface area contributed by atoms with E-state index in [1.54, 1.807) is 11.3 Å². The summed E-state index contributed by atoms with van der Waals surface area (Å²) in [6.07, 6.45) is 3.03. The predicted molar refractivity (Wildman–Crippen MR) is 94.2 cm³/mol. The Morgan fingerprint density at radius 2 is 1.90 bits per heavy atom. The van der Waals surface area contributed by atoms with Crippen molar-refractivity contribution in [2.24, 2.45) is 0 Å². The molecule has 6 heteroatoms. The number of thiophene rings is 1. The van der Waals surface area contributed by atoms with E-state index in [4.69, 9.17) is 0 Å². The molecule has 0 atom stereocenters. The molecule has 2 rings (SSSR count). The second kappa shape index (κ2) is 8.34. The molecule has 0 saturated carbocycles. The Bertz CT molecular complexity index is 571. The highest BCUT2D eigenvalue weighted by molar-refractivity contribution is 9.10. The van der Waals surface area contributed by atoms with Gasteiger partial charge < -0.3 is 10.6 Å². The highest BCUT2D eigenvalue weighted by Crippen LogP contribution is 2.23. The Morgan fingerprint density at radius 1 is 1.14 bits per heavy atom. The summed E-state index contributed by atoms with van der Waals surface area (Å²) < 4.78 is 1.15. The number of halogens is 1. The molecule has 0 saturated heterocycles. The van der Waals surface area contributed by atoms with Gasteiger partial charge in [0.2, 0.25) is 0 Å². The molecule has 0 bridgehead atoms. The maximum Gasteiger partial charge on any atom is 0.133 e. The number of aryl methyl sites for hydroxylation is 1. The molecule has 0 spiro atoms. The van der Waals surface area contributed by atoms with E-state index in [1.807, 2.05) is 6.07 Å². The maximum absolute atomic E-state index is 4.59. The van der Waals surface area contributed by atoms with Gasteiger partial charge in [0.1, 0.15) is 17.5 Å². The van der Waals surface area contributed by atoms with E-state index in [0.29, 0.717) is 0 Å². The summed E-state index contributed by atoms with van der Waals surface area (Å²) in [7, 11) is 0. The third-order valence-electron chi connectivity index (χ3n) is 2.92. The Kier molecular flexibility index (Phi) is 6.45. The van der Waals surface area contributed by atoms with Gasteiger partial charge in [0.05, 0.1) is 6.54 Å². The van der Waals surface area contributed by atoms with Crippen LogP contribution in [-0.4, -0.2) is 16.5 Å². The van der Waals surface area contributed by atoms with Gasteiger partial charge in [-0.3, -0.25) is 0 Å². The van der Waals surface area contributed by atoms with Crippen LogP contribution in [0.2, 0.25) is 0 Å². The largest absolute Gasteiger partial charge is 0.370 e. The number of nitrogens with one attached hydrogen (secondary N) is 2. The molecular formula is C15H21BrN4S. The van der Waals surface area contributed by atoms with Gasteiger partial charge in [0.15, 0.2) is 0 Å². The van der Waals surface area contributed by atoms with Crippen LogP contribution in [0.25, 0.3) is 0 Å². The van der Waals surface area contributed by atoms with Gasteiger partial charge in [-0.05, 0) is 40.2 Å². The molecule has 2 aromatic rings. The van der Waals surface area contributed by atoms with E-state index in [2.05, 4.69) is 61.8 Å². The lowest BCUT2D eigenvalue weighted by molar-refractivity contribution is 0.831. The highest BCUT2D eigenvalue weighted by Gasteiger charge is 2.06. The summed E-state index contributed by atoms with van der Waals surface area (Å²) in [5, 5.41) is 8.81. The average Bonchev–Trinajstić information content (AvgIpc) is 2.88. The number of hydrogen-bond donors (Lipinski definition) is 2. The fraction of sp³-hybridized carbons (Fsp3) is 0.467. The van der Waals surface area contributed by atoms with Crippen molar-refractivity contribution < 1.29 is 0 Å². The normalized spacial score (nSPS) is 10.6. The van der Waals surface area contributed by atoms with Crippen LogP contribution in [-0.2, 0) is 13.0 Å². The minimum absolute atomic E-state index is 0.772. The molecule has 0 amide bonds. The molecule has 0 aliphatic rings. The molecule has 2 heterocycles. The van der Waals surface area contributed by atoms with Gasteiger partial charge >= 0.3 is 0 Å². The topological polar surface area (TPSA) is 49.8 Å². The zero-order valence-corrected chi connectivity index (χ0v) is 14.9. The fourth-order valence-electron chi connectivity index (χ4n) is 1.89. The average molecular weight is 369 g/mol. The monoisotopic (exact) mass is 368 g/mol. The molecule has 4 nitrogen and oxygen atoms in total. The van der Waals surface area contributed by atoms with Gasteiger partial charge in [0, 0.05) is 28.4 Å². The number of aromatic nitrogens is 2. The number of anilines is 2. The predicted octanol–water partition coefficient (Wildman–Crippen LogP) is 4.69. The van der Waals surface area contributed by atoms with Crippen molar-refractivity contribution in [3.63, 3.8) is 0 Å². The van der Waals surface area contributed by atoms with Crippen LogP contribution in [0, 0.1) is 0 Å². The van der Waals surface area contributed by atoms with E-state index in [-0.39, 0.29) is 0 Å². The summed E-state index contributed by atoms with van der Waals surface area (Å²) in [4.78, 5) is 10.4. The second-order valence-electron chi connectivity index (χ2n) is 4.78. The fourth-order valence-corrected chi connectivity index (χ4v) is 3.32. The molecule has 0 aliphatic heterocycles. The summed E-state index contributed by atoms with van der Waals surface area (Å²) in [6, 6.07) is 4.05. The van der Waals surface area contributed by atoms with Gasteiger partial charge in [0.25, 0.3) is 0 Å². The van der Waals surface area contributed by atoms with E-state index in [9.17, 15) is 0 Å². The molecule has 0 aromatic carbocycles. The lowest BCUT2D eigenvalue weighted by atomic mass is 10.3. The molecule has 0 unspecified atom stereocenters. The van der Waals surface area contributed by atoms with Crippen LogP contribution >= 0.6 is 27.3 Å². The van der Waals surface area contributed by atoms with Gasteiger partial charge in [-0.25, -0.2) is 9.97 Å². The maximum atomic E-state index is 4.59. The molecular weight excluding hydrogens is 348 g/mol. The van der Waals surface area contributed by atoms with E-state index in [1.165, 1.54) is 4.88 Å². The highest BCUT2D eigenvalue weighted by atomic mass is 79.9. The number of hydrogen-bond acceptors (Lipinski definition) is 5. The molecule has 2 N–H and O–H groups in total. The summed E-state index contributed by atoms with van der Waals surface area (Å²) in [5.74, 6) is 2.68. The standard InChI is InChI=1S/C15H21BrN4S/c1-3-5-13-19-14(17-7-4-2)9-15(20-13)18-10-12-11(16)6-8-21-12/h6,8-9H,3-5,7,10H2,1-2H3,(H2,17,18,19,20). The van der Waals surface area contributed by atoms with Gasteiger partial charge in [-0.2, -0.15) is 0 Å². The van der Waals surface area contributed by atoms with Crippen molar-refractivity contribution in [3.8, 4) is 0 Å². The van der Waals surface area contributed by atoms with E-state index >= 15 is 0 Å². The van der Waals surface area contributed by atoms with Crippen LogP contribution in [0.15, 0.2) is 22.0 Å². The number of rotatable bonds is 8. The van der Waals surface area contributed by atoms with Gasteiger partial charge in [-0.1, -0.05) is 13.8 Å². The Labute approximate surface area is 138 Å². The minimum Gasteiger partial charge on any atom is -0.370 e. The second-order valence-corrected chi connectivity index (χ2v) is 6.63. The van der Waals surface area contributed by atoms with Crippen LogP contribution in [0.1, 0.15) is 37.4 Å². The first-order valence-electron chi connectivity index (χ1n) is 7.30. The Morgan fingerprint density at radius 3 is 2.52 bits per heavy atom. The third kappa shape index (κ3) is 4.97. The van der Waals surface area contributed by atoms with Crippen LogP contribution in [0.3, 0.4) is 0 Å². The zero-order chi connectivity index (χ0) is 15.1. The molecule has 0 fully saturated rings. The van der Waals surface area contributed by atoms with E-state index in [0.717, 1.165) is 54.3 Å². The van der Waals surface area contributed by atoms with Crippen LogP contribution in [0.5, 0.6) is 0 Å². The van der Waals surface area contributed by atoms with Crippen molar-refractivity contribution in [3.05, 3.63) is 32.7 Å². The van der Waals surface area contributed by atoms with Crippen LogP contribution < -0.4 is 10.6 Å². The van der Waals surface area contributed by atoms with Crippen molar-refractivity contribution in [2.75, 3.05) is 17.2 Å². The SMILES string of the molecule is CCCNc1cc(NCc2sccc2Br)nc(CCC)n1. The van der Waals surface area contributed by atoms with Crippen LogP contribution in [0.4, 0.5) is 11.6 Å². The first kappa shape index (κ1) is 16.2. The molecule has 114 valence electrons. The Hall–Kier alpha value is -1.14. The summed E-state index contributed by atoms with van der Waals surface area (Å²) in [5.41, 5.74) is 0. The lowest BCUT2D eigenvalue weighted by Crippen LogP contribution is -2.08. The Balaban J connectivity index is 2.09. The molecule has 0 aliphatic carbocycles. The first-order chi connectivity index (χ1) is 10.2. The van der Waals surface area contributed by atoms with E-state index < -0.39 is 0 Å². The zero-order valence-electron chi connectivity index (χ0n) is 12.4. The van der Waals surface area contributed by atoms with Crippen molar-refractivity contribution in [1.29, 1.82) is 0 Å². The summed E-state index contributed by atoms with van der Waals surface area (Å²) >= 11 is 5.29. The molecule has 2 aromatic heterocycles.